The van der Waals surface area contributed by atoms with E-state index in [-0.39, 0.29) is 18.3 Å². The molecule has 0 aliphatic heterocycles. The summed E-state index contributed by atoms with van der Waals surface area (Å²) in [6.45, 7) is 5.86. The molecule has 0 radical (unpaired) electrons. The van der Waals surface area contributed by atoms with Crippen LogP contribution in [-0.2, 0) is 16.0 Å². The zero-order chi connectivity index (χ0) is 21.1. The highest BCUT2D eigenvalue weighted by atomic mass is 32.1. The molecule has 158 valence electrons. The number of amides is 2. The minimum atomic E-state index is -0.459. The van der Waals surface area contributed by atoms with Gasteiger partial charge in [0.2, 0.25) is 0 Å². The summed E-state index contributed by atoms with van der Waals surface area (Å²) in [5.74, 6) is 0.288. The molecule has 0 atom stereocenters. The summed E-state index contributed by atoms with van der Waals surface area (Å²) in [5.41, 5.74) is 0.928. The average Bonchev–Trinajstić information content (AvgIpc) is 3.18. The van der Waals surface area contributed by atoms with Crippen LogP contribution >= 0.6 is 11.3 Å². The van der Waals surface area contributed by atoms with E-state index in [9.17, 15) is 9.59 Å². The Morgan fingerprint density at radius 1 is 1.17 bits per heavy atom. The first-order valence-electron chi connectivity index (χ1n) is 9.46. The van der Waals surface area contributed by atoms with E-state index in [4.69, 9.17) is 14.2 Å². The number of carbonyl (C=O) groups excluding carboxylic acids is 2. The van der Waals surface area contributed by atoms with E-state index in [1.165, 1.54) is 11.3 Å². The van der Waals surface area contributed by atoms with Crippen LogP contribution in [0.25, 0.3) is 0 Å². The maximum absolute atomic E-state index is 12.8. The molecule has 0 spiro atoms. The van der Waals surface area contributed by atoms with Crippen LogP contribution in [0.15, 0.2) is 29.6 Å². The second-order valence-corrected chi connectivity index (χ2v) is 6.95. The molecular formula is C20H27N3O5S. The Morgan fingerprint density at radius 3 is 2.59 bits per heavy atom. The largest absolute Gasteiger partial charge is 0.494 e. The van der Waals surface area contributed by atoms with Crippen LogP contribution in [0.3, 0.4) is 0 Å². The van der Waals surface area contributed by atoms with Crippen molar-refractivity contribution in [2.24, 2.45) is 0 Å². The number of benzene rings is 1. The molecule has 0 aliphatic carbocycles. The maximum Gasteiger partial charge on any atom is 0.357 e. The van der Waals surface area contributed by atoms with Gasteiger partial charge in [0.15, 0.2) is 5.69 Å². The third kappa shape index (κ3) is 7.35. The Morgan fingerprint density at radius 2 is 1.93 bits per heavy atom. The molecule has 1 N–H and O–H groups in total. The smallest absolute Gasteiger partial charge is 0.357 e. The van der Waals surface area contributed by atoms with E-state index in [0.717, 1.165) is 5.75 Å². The van der Waals surface area contributed by atoms with Gasteiger partial charge in [-0.1, -0.05) is 0 Å². The van der Waals surface area contributed by atoms with E-state index in [1.54, 1.807) is 48.6 Å². The summed E-state index contributed by atoms with van der Waals surface area (Å²) in [4.78, 5) is 30.5. The van der Waals surface area contributed by atoms with Crippen LogP contribution in [0.1, 0.15) is 35.8 Å². The number of rotatable bonds is 11. The number of carbonyl (C=O) groups is 2. The van der Waals surface area contributed by atoms with Crippen molar-refractivity contribution in [3.8, 4) is 5.75 Å². The van der Waals surface area contributed by atoms with Gasteiger partial charge >= 0.3 is 12.0 Å². The van der Waals surface area contributed by atoms with Crippen LogP contribution < -0.4 is 10.1 Å². The van der Waals surface area contributed by atoms with Crippen molar-refractivity contribution >= 4 is 29.0 Å². The van der Waals surface area contributed by atoms with Crippen LogP contribution in [0.5, 0.6) is 5.75 Å². The summed E-state index contributed by atoms with van der Waals surface area (Å²) in [5, 5.41) is 5.19. The third-order valence-electron chi connectivity index (χ3n) is 3.84. The fourth-order valence-electron chi connectivity index (χ4n) is 2.50. The van der Waals surface area contributed by atoms with Gasteiger partial charge in [-0.05, 0) is 44.5 Å². The number of hydrogen-bond acceptors (Lipinski definition) is 7. The zero-order valence-corrected chi connectivity index (χ0v) is 17.8. The molecule has 0 fully saturated rings. The first-order chi connectivity index (χ1) is 14.1. The van der Waals surface area contributed by atoms with Gasteiger partial charge in [-0.25, -0.2) is 14.6 Å². The molecule has 8 nitrogen and oxygen atoms in total. The number of esters is 1. The molecule has 1 aromatic heterocycles. The maximum atomic E-state index is 12.8. The fraction of sp³-hybridized carbons (Fsp3) is 0.450. The highest BCUT2D eigenvalue weighted by Crippen LogP contribution is 2.18. The monoisotopic (exact) mass is 421 g/mol. The highest BCUT2D eigenvalue weighted by Gasteiger charge is 2.18. The Kier molecular flexibility index (Phi) is 9.39. The van der Waals surface area contributed by atoms with Gasteiger partial charge < -0.3 is 24.4 Å². The van der Waals surface area contributed by atoms with Crippen molar-refractivity contribution < 1.29 is 23.8 Å². The quantitative estimate of drug-likeness (QED) is 0.439. The summed E-state index contributed by atoms with van der Waals surface area (Å²) in [7, 11) is 1.62. The number of hydrogen-bond donors (Lipinski definition) is 1. The minimum Gasteiger partial charge on any atom is -0.494 e. The minimum absolute atomic E-state index is 0.252. The Balaban J connectivity index is 2.04. The molecular weight excluding hydrogens is 394 g/mol. The summed E-state index contributed by atoms with van der Waals surface area (Å²) in [6, 6.07) is 6.94. The van der Waals surface area contributed by atoms with Crippen molar-refractivity contribution in [3.05, 3.63) is 40.3 Å². The number of anilines is 1. The van der Waals surface area contributed by atoms with E-state index in [1.807, 2.05) is 6.92 Å². The fourth-order valence-corrected chi connectivity index (χ4v) is 3.28. The lowest BCUT2D eigenvalue weighted by molar-refractivity contribution is 0.0520. The third-order valence-corrected chi connectivity index (χ3v) is 4.68. The van der Waals surface area contributed by atoms with Crippen molar-refractivity contribution in [1.82, 2.24) is 9.88 Å². The standard InChI is InChI=1S/C20H27N3O5S/c1-4-27-16-9-7-15(8-10-16)21-20(25)23(11-6-12-26-3)13-18-22-17(14-29-18)19(24)28-5-2/h7-10,14H,4-6,11-13H2,1-3H3,(H,21,25). The number of aromatic nitrogens is 1. The van der Waals surface area contributed by atoms with Gasteiger partial charge in [-0.15, -0.1) is 11.3 Å². The summed E-state index contributed by atoms with van der Waals surface area (Å²) < 4.78 is 15.5. The molecule has 1 heterocycles. The van der Waals surface area contributed by atoms with E-state index >= 15 is 0 Å². The Bertz CT molecular complexity index is 779. The lowest BCUT2D eigenvalue weighted by Crippen LogP contribution is -2.35. The normalized spacial score (nSPS) is 10.4. The Labute approximate surface area is 174 Å². The molecule has 2 rings (SSSR count). The van der Waals surface area contributed by atoms with Gasteiger partial charge in [0.1, 0.15) is 10.8 Å². The molecule has 9 heteroatoms. The van der Waals surface area contributed by atoms with E-state index < -0.39 is 5.97 Å². The van der Waals surface area contributed by atoms with Gasteiger partial charge in [-0.2, -0.15) is 0 Å². The molecule has 2 amide bonds. The van der Waals surface area contributed by atoms with Crippen molar-refractivity contribution in [3.63, 3.8) is 0 Å². The average molecular weight is 422 g/mol. The molecule has 0 unspecified atom stereocenters. The molecule has 29 heavy (non-hydrogen) atoms. The highest BCUT2D eigenvalue weighted by molar-refractivity contribution is 7.09. The van der Waals surface area contributed by atoms with Crippen LogP contribution in [0.4, 0.5) is 10.5 Å². The summed E-state index contributed by atoms with van der Waals surface area (Å²) >= 11 is 1.32. The van der Waals surface area contributed by atoms with Gasteiger partial charge in [-0.3, -0.25) is 0 Å². The predicted octanol–water partition coefficient (Wildman–Crippen LogP) is 3.79. The number of ether oxygens (including phenoxy) is 3. The number of nitrogens with zero attached hydrogens (tertiary/aromatic N) is 2. The number of nitrogens with one attached hydrogen (secondary N) is 1. The lowest BCUT2D eigenvalue weighted by Gasteiger charge is -2.22. The number of urea groups is 1. The van der Waals surface area contributed by atoms with Crippen molar-refractivity contribution in [2.45, 2.75) is 26.8 Å². The molecule has 2 aromatic rings. The zero-order valence-electron chi connectivity index (χ0n) is 17.0. The van der Waals surface area contributed by atoms with Gasteiger partial charge in [0.05, 0.1) is 19.8 Å². The molecule has 0 bridgehead atoms. The Hall–Kier alpha value is -2.65. The molecule has 0 saturated heterocycles. The van der Waals surface area contributed by atoms with Crippen LogP contribution in [-0.4, -0.2) is 55.4 Å². The van der Waals surface area contributed by atoms with Gasteiger partial charge in [0, 0.05) is 31.3 Å². The molecule has 0 aliphatic rings. The van der Waals surface area contributed by atoms with Crippen molar-refractivity contribution in [1.29, 1.82) is 0 Å². The molecule has 0 saturated carbocycles. The number of methoxy groups -OCH3 is 1. The predicted molar refractivity (Wildman–Crippen MR) is 112 cm³/mol. The van der Waals surface area contributed by atoms with E-state index in [0.29, 0.717) is 43.5 Å². The second-order valence-electron chi connectivity index (χ2n) is 6.00. The van der Waals surface area contributed by atoms with Gasteiger partial charge in [0.25, 0.3) is 0 Å². The molecule has 1 aromatic carbocycles. The van der Waals surface area contributed by atoms with Crippen LogP contribution in [0.2, 0.25) is 0 Å². The summed E-state index contributed by atoms with van der Waals surface area (Å²) in [6.07, 6.45) is 0.684. The van der Waals surface area contributed by atoms with Crippen LogP contribution in [0, 0.1) is 0 Å². The first kappa shape index (κ1) is 22.6. The lowest BCUT2D eigenvalue weighted by atomic mass is 10.3. The topological polar surface area (TPSA) is 90.0 Å². The first-order valence-corrected chi connectivity index (χ1v) is 10.3. The van der Waals surface area contributed by atoms with E-state index in [2.05, 4.69) is 10.3 Å². The SMILES string of the molecule is CCOC(=O)c1csc(CN(CCCOC)C(=O)Nc2ccc(OCC)cc2)n1. The number of thiazole rings is 1. The second kappa shape index (κ2) is 12.0. The van der Waals surface area contributed by atoms with Crippen molar-refractivity contribution in [2.75, 3.05) is 38.8 Å².